The number of alkyl halides is 3. The highest BCUT2D eigenvalue weighted by atomic mass is 19.4. The summed E-state index contributed by atoms with van der Waals surface area (Å²) in [5, 5.41) is 0. The number of hydrogen-bond donors (Lipinski definition) is 2. The Labute approximate surface area is 164 Å². The second kappa shape index (κ2) is 6.85. The molecule has 0 radical (unpaired) electrons. The number of nitrogens with zero attached hydrogens (tertiary/aromatic N) is 1. The predicted octanol–water partition coefficient (Wildman–Crippen LogP) is 2.51. The van der Waals surface area contributed by atoms with Crippen molar-refractivity contribution < 1.29 is 27.5 Å². The van der Waals surface area contributed by atoms with Gasteiger partial charge in [-0.1, -0.05) is 18.2 Å². The average molecular weight is 405 g/mol. The van der Waals surface area contributed by atoms with Gasteiger partial charge in [-0.25, -0.2) is 5.84 Å². The molecule has 2 aliphatic rings. The van der Waals surface area contributed by atoms with E-state index in [1.165, 1.54) is 17.0 Å². The van der Waals surface area contributed by atoms with Crippen LogP contribution in [0.5, 0.6) is 0 Å². The normalized spacial score (nSPS) is 17.7. The molecule has 0 unspecified atom stereocenters. The van der Waals surface area contributed by atoms with Crippen molar-refractivity contribution in [2.24, 2.45) is 5.84 Å². The molecule has 0 aliphatic carbocycles. The highest BCUT2D eigenvalue weighted by molar-refractivity contribution is 6.10. The lowest BCUT2D eigenvalue weighted by Gasteiger charge is -2.41. The number of hydrogen-bond acceptors (Lipinski definition) is 4. The molecular weight excluding hydrogens is 387 g/mol. The Balaban J connectivity index is 1.68. The Morgan fingerprint density at radius 2 is 1.93 bits per heavy atom. The molecule has 0 spiro atoms. The molecule has 3 N–H and O–H groups in total. The molecule has 4 rings (SSSR count). The Morgan fingerprint density at radius 3 is 2.55 bits per heavy atom. The third kappa shape index (κ3) is 3.26. The Hall–Kier alpha value is -2.91. The second-order valence-corrected chi connectivity index (χ2v) is 7.29. The number of rotatable bonds is 4. The number of fused-ring (bicyclic) bond motifs is 1. The van der Waals surface area contributed by atoms with E-state index < -0.39 is 23.1 Å². The number of nitrogens with one attached hydrogen (secondary N) is 1. The van der Waals surface area contributed by atoms with Crippen LogP contribution in [0.25, 0.3) is 0 Å². The van der Waals surface area contributed by atoms with Gasteiger partial charge in [0.25, 0.3) is 5.91 Å². The molecule has 2 heterocycles. The molecule has 2 aromatic rings. The number of ether oxygens (including phenoxy) is 1. The van der Waals surface area contributed by atoms with E-state index in [9.17, 15) is 22.8 Å². The van der Waals surface area contributed by atoms with Gasteiger partial charge in [0.2, 0.25) is 5.91 Å². The van der Waals surface area contributed by atoms with E-state index in [1.807, 2.05) is 6.07 Å². The minimum Gasteiger partial charge on any atom is -0.379 e. The molecule has 2 aliphatic heterocycles. The lowest BCUT2D eigenvalue weighted by Crippen LogP contribution is -2.50. The van der Waals surface area contributed by atoms with Crippen LogP contribution in [0.4, 0.5) is 18.9 Å². The van der Waals surface area contributed by atoms with Gasteiger partial charge in [-0.15, -0.1) is 0 Å². The predicted molar refractivity (Wildman–Crippen MR) is 97.8 cm³/mol. The number of amides is 2. The minimum atomic E-state index is -4.54. The summed E-state index contributed by atoms with van der Waals surface area (Å²) in [6.07, 6.45) is -4.42. The Bertz CT molecular complexity index is 986. The van der Waals surface area contributed by atoms with Gasteiger partial charge >= 0.3 is 6.18 Å². The molecular formula is C20H18F3N3O3. The topological polar surface area (TPSA) is 84.7 Å². The van der Waals surface area contributed by atoms with E-state index in [4.69, 9.17) is 10.6 Å². The van der Waals surface area contributed by atoms with Crippen molar-refractivity contribution in [2.75, 3.05) is 18.1 Å². The molecule has 1 fully saturated rings. The van der Waals surface area contributed by atoms with Gasteiger partial charge < -0.3 is 9.64 Å². The SMILES string of the molecule is NNC(=O)CC1(c2cccc(N3Cc4c(cccc4C(F)(F)F)C3=O)c2)COC1. The van der Waals surface area contributed by atoms with Crippen molar-refractivity contribution >= 4 is 17.5 Å². The minimum absolute atomic E-state index is 0.0281. The van der Waals surface area contributed by atoms with Gasteiger partial charge in [0.1, 0.15) is 0 Å². The first kappa shape index (κ1) is 19.4. The van der Waals surface area contributed by atoms with Gasteiger partial charge in [-0.3, -0.25) is 15.0 Å². The van der Waals surface area contributed by atoms with Crippen molar-refractivity contribution in [2.45, 2.75) is 24.6 Å². The zero-order valence-electron chi connectivity index (χ0n) is 15.3. The van der Waals surface area contributed by atoms with Crippen LogP contribution < -0.4 is 16.2 Å². The maximum atomic E-state index is 13.3. The molecule has 29 heavy (non-hydrogen) atoms. The molecule has 0 aromatic heterocycles. The van der Waals surface area contributed by atoms with Crippen molar-refractivity contribution in [3.63, 3.8) is 0 Å². The van der Waals surface area contributed by atoms with Gasteiger partial charge in [0.05, 0.1) is 30.7 Å². The van der Waals surface area contributed by atoms with E-state index >= 15 is 0 Å². The fourth-order valence-electron chi connectivity index (χ4n) is 3.89. The van der Waals surface area contributed by atoms with E-state index in [0.29, 0.717) is 18.9 Å². The summed E-state index contributed by atoms with van der Waals surface area (Å²) in [6, 6.07) is 10.5. The standard InChI is InChI=1S/C20H18F3N3O3/c21-20(22,23)16-6-2-5-14-15(16)9-26(18(14)28)13-4-1-3-12(7-13)19(10-29-11-19)8-17(27)25-24/h1-7H,8-11,24H2,(H,25,27). The summed E-state index contributed by atoms with van der Waals surface area (Å²) in [5.41, 5.74) is 1.98. The molecule has 0 saturated carbocycles. The van der Waals surface area contributed by atoms with Crippen molar-refractivity contribution in [1.29, 1.82) is 0 Å². The molecule has 6 nitrogen and oxygen atoms in total. The summed E-state index contributed by atoms with van der Waals surface area (Å²) < 4.78 is 45.3. The van der Waals surface area contributed by atoms with Gasteiger partial charge in [-0.2, -0.15) is 13.2 Å². The lowest BCUT2D eigenvalue weighted by atomic mass is 9.75. The first-order valence-electron chi connectivity index (χ1n) is 8.94. The van der Waals surface area contributed by atoms with Crippen molar-refractivity contribution in [3.05, 3.63) is 64.7 Å². The largest absolute Gasteiger partial charge is 0.416 e. The number of anilines is 1. The average Bonchev–Trinajstić information content (AvgIpc) is 3.00. The van der Waals surface area contributed by atoms with Crippen LogP contribution in [0.3, 0.4) is 0 Å². The number of carbonyl (C=O) groups is 2. The van der Waals surface area contributed by atoms with Crippen LogP contribution in [0.15, 0.2) is 42.5 Å². The van der Waals surface area contributed by atoms with Crippen LogP contribution >= 0.6 is 0 Å². The highest BCUT2D eigenvalue weighted by Crippen LogP contribution is 2.41. The van der Waals surface area contributed by atoms with Crippen molar-refractivity contribution in [3.8, 4) is 0 Å². The highest BCUT2D eigenvalue weighted by Gasteiger charge is 2.43. The third-order valence-corrected chi connectivity index (χ3v) is 5.46. The summed E-state index contributed by atoms with van der Waals surface area (Å²) in [5.74, 6) is 4.36. The smallest absolute Gasteiger partial charge is 0.379 e. The molecule has 2 amide bonds. The number of nitrogens with two attached hydrogens (primary N) is 1. The number of benzene rings is 2. The Kier molecular flexibility index (Phi) is 4.59. The maximum absolute atomic E-state index is 13.3. The molecule has 152 valence electrons. The van der Waals surface area contributed by atoms with Gasteiger partial charge in [0, 0.05) is 17.7 Å². The molecule has 0 atom stereocenters. The first-order chi connectivity index (χ1) is 13.7. The summed E-state index contributed by atoms with van der Waals surface area (Å²) in [7, 11) is 0. The molecule has 0 bridgehead atoms. The zero-order valence-corrected chi connectivity index (χ0v) is 15.3. The Morgan fingerprint density at radius 1 is 1.21 bits per heavy atom. The zero-order chi connectivity index (χ0) is 20.8. The first-order valence-corrected chi connectivity index (χ1v) is 8.94. The van der Waals surface area contributed by atoms with E-state index in [2.05, 4.69) is 5.43 Å². The number of halogens is 3. The summed E-state index contributed by atoms with van der Waals surface area (Å²) in [4.78, 5) is 25.9. The van der Waals surface area contributed by atoms with Crippen molar-refractivity contribution in [1.82, 2.24) is 5.43 Å². The summed E-state index contributed by atoms with van der Waals surface area (Å²) >= 11 is 0. The molecule has 2 aromatic carbocycles. The molecule has 9 heteroatoms. The van der Waals surface area contributed by atoms with Crippen LogP contribution in [0.1, 0.15) is 33.5 Å². The van der Waals surface area contributed by atoms with Crippen LogP contribution in [0, 0.1) is 0 Å². The second-order valence-electron chi connectivity index (χ2n) is 7.29. The fourth-order valence-corrected chi connectivity index (χ4v) is 3.89. The molecule has 1 saturated heterocycles. The lowest BCUT2D eigenvalue weighted by molar-refractivity contribution is -0.138. The van der Waals surface area contributed by atoms with Crippen LogP contribution in [0.2, 0.25) is 0 Å². The van der Waals surface area contributed by atoms with Crippen LogP contribution in [-0.2, 0) is 27.7 Å². The van der Waals surface area contributed by atoms with E-state index in [-0.39, 0.29) is 30.0 Å². The quantitative estimate of drug-likeness (QED) is 0.465. The fraction of sp³-hybridized carbons (Fsp3) is 0.300. The van der Waals surface area contributed by atoms with Crippen LogP contribution in [-0.4, -0.2) is 25.0 Å². The van der Waals surface area contributed by atoms with Gasteiger partial charge in [0.15, 0.2) is 0 Å². The van der Waals surface area contributed by atoms with E-state index in [1.54, 1.807) is 18.2 Å². The third-order valence-electron chi connectivity index (χ3n) is 5.46. The van der Waals surface area contributed by atoms with Gasteiger partial charge in [-0.05, 0) is 35.4 Å². The number of hydrazine groups is 1. The maximum Gasteiger partial charge on any atom is 0.416 e. The monoisotopic (exact) mass is 405 g/mol. The summed E-state index contributed by atoms with van der Waals surface area (Å²) in [6.45, 7) is 0.465. The number of carbonyl (C=O) groups excluding carboxylic acids is 2. The van der Waals surface area contributed by atoms with E-state index in [0.717, 1.165) is 11.6 Å².